The van der Waals surface area contributed by atoms with E-state index in [2.05, 4.69) is 15.6 Å². The number of benzene rings is 1. The van der Waals surface area contributed by atoms with E-state index in [4.69, 9.17) is 0 Å². The van der Waals surface area contributed by atoms with Crippen molar-refractivity contribution in [3.8, 4) is 0 Å². The van der Waals surface area contributed by atoms with E-state index in [0.717, 1.165) is 18.4 Å². The summed E-state index contributed by atoms with van der Waals surface area (Å²) in [5.41, 5.74) is 2.26. The van der Waals surface area contributed by atoms with Crippen LogP contribution in [0.15, 0.2) is 48.8 Å². The zero-order chi connectivity index (χ0) is 19.9. The van der Waals surface area contributed by atoms with Gasteiger partial charge in [-0.25, -0.2) is 0 Å². The molecule has 0 unspecified atom stereocenters. The normalized spacial score (nSPS) is 14.4. The van der Waals surface area contributed by atoms with Gasteiger partial charge in [0.25, 0.3) is 5.91 Å². The Kier molecular flexibility index (Phi) is 6.37. The summed E-state index contributed by atoms with van der Waals surface area (Å²) in [6, 6.07) is 10.8. The highest BCUT2D eigenvalue weighted by Crippen LogP contribution is 2.18. The van der Waals surface area contributed by atoms with Crippen molar-refractivity contribution in [1.82, 2.24) is 15.2 Å². The minimum Gasteiger partial charge on any atom is -0.348 e. The number of likely N-dealkylation sites (tertiary alicyclic amines) is 1. The maximum Gasteiger partial charge on any atom is 0.313 e. The maximum atomic E-state index is 12.4. The maximum absolute atomic E-state index is 12.4. The predicted molar refractivity (Wildman–Crippen MR) is 106 cm³/mol. The molecule has 7 nitrogen and oxygen atoms in total. The molecular formula is C21H24N4O3. The van der Waals surface area contributed by atoms with Crippen LogP contribution in [0.2, 0.25) is 0 Å². The molecule has 1 aromatic carbocycles. The number of pyridine rings is 1. The monoisotopic (exact) mass is 380 g/mol. The topological polar surface area (TPSA) is 91.4 Å². The first-order valence-corrected chi connectivity index (χ1v) is 9.38. The molecule has 0 aliphatic carbocycles. The van der Waals surface area contributed by atoms with Crippen molar-refractivity contribution in [3.63, 3.8) is 0 Å². The Morgan fingerprint density at radius 3 is 2.43 bits per heavy atom. The van der Waals surface area contributed by atoms with Crippen LogP contribution in [0.5, 0.6) is 0 Å². The van der Waals surface area contributed by atoms with Gasteiger partial charge in [0.15, 0.2) is 0 Å². The molecule has 0 atom stereocenters. The summed E-state index contributed by atoms with van der Waals surface area (Å²) < 4.78 is 0. The Morgan fingerprint density at radius 2 is 1.79 bits per heavy atom. The molecule has 1 saturated heterocycles. The van der Waals surface area contributed by atoms with Crippen LogP contribution in [-0.2, 0) is 9.59 Å². The lowest BCUT2D eigenvalue weighted by molar-refractivity contribution is -0.136. The SMILES string of the molecule is Cc1ccc(NC(=O)C(=O)NCC2CCN(C(=O)c3cccnc3)CC2)cc1. The zero-order valence-electron chi connectivity index (χ0n) is 15.9. The van der Waals surface area contributed by atoms with Gasteiger partial charge in [-0.3, -0.25) is 19.4 Å². The van der Waals surface area contributed by atoms with Crippen LogP contribution in [0.1, 0.15) is 28.8 Å². The van der Waals surface area contributed by atoms with Gasteiger partial charge in [0.1, 0.15) is 0 Å². The molecule has 1 fully saturated rings. The van der Waals surface area contributed by atoms with Gasteiger partial charge in [0.05, 0.1) is 5.56 Å². The van der Waals surface area contributed by atoms with Gasteiger partial charge in [-0.2, -0.15) is 0 Å². The van der Waals surface area contributed by atoms with Crippen LogP contribution in [0.3, 0.4) is 0 Å². The smallest absolute Gasteiger partial charge is 0.313 e. The number of amides is 3. The van der Waals surface area contributed by atoms with E-state index >= 15 is 0 Å². The van der Waals surface area contributed by atoms with Crippen LogP contribution in [-0.4, -0.2) is 47.2 Å². The second-order valence-electron chi connectivity index (χ2n) is 7.01. The van der Waals surface area contributed by atoms with Crippen LogP contribution in [0.25, 0.3) is 0 Å². The fourth-order valence-corrected chi connectivity index (χ4v) is 3.15. The molecular weight excluding hydrogens is 356 g/mol. The quantitative estimate of drug-likeness (QED) is 0.794. The Labute approximate surface area is 164 Å². The number of aromatic nitrogens is 1. The van der Waals surface area contributed by atoms with Crippen molar-refractivity contribution in [2.45, 2.75) is 19.8 Å². The lowest BCUT2D eigenvalue weighted by Gasteiger charge is -2.32. The Balaban J connectivity index is 1.41. The van der Waals surface area contributed by atoms with E-state index in [9.17, 15) is 14.4 Å². The van der Waals surface area contributed by atoms with Crippen LogP contribution in [0, 0.1) is 12.8 Å². The molecule has 3 amide bonds. The molecule has 0 spiro atoms. The highest BCUT2D eigenvalue weighted by molar-refractivity contribution is 6.39. The van der Waals surface area contributed by atoms with E-state index in [1.807, 2.05) is 19.1 Å². The molecule has 1 aromatic heterocycles. The number of rotatable bonds is 4. The minimum atomic E-state index is -0.673. The third-order valence-electron chi connectivity index (χ3n) is 4.88. The molecule has 146 valence electrons. The predicted octanol–water partition coefficient (Wildman–Crippen LogP) is 2.00. The third kappa shape index (κ3) is 5.16. The second-order valence-corrected chi connectivity index (χ2v) is 7.01. The van der Waals surface area contributed by atoms with Crippen LogP contribution < -0.4 is 10.6 Å². The number of aryl methyl sites for hydroxylation is 1. The zero-order valence-corrected chi connectivity index (χ0v) is 15.9. The first kappa shape index (κ1) is 19.5. The molecule has 3 rings (SSSR count). The molecule has 0 bridgehead atoms. The van der Waals surface area contributed by atoms with E-state index in [1.165, 1.54) is 0 Å². The summed E-state index contributed by atoms with van der Waals surface area (Å²) in [5, 5.41) is 5.28. The summed E-state index contributed by atoms with van der Waals surface area (Å²) in [7, 11) is 0. The summed E-state index contributed by atoms with van der Waals surface area (Å²) >= 11 is 0. The fraction of sp³-hybridized carbons (Fsp3) is 0.333. The minimum absolute atomic E-state index is 0.0203. The summed E-state index contributed by atoms with van der Waals surface area (Å²) in [4.78, 5) is 42.2. The lowest BCUT2D eigenvalue weighted by Crippen LogP contribution is -2.43. The second kappa shape index (κ2) is 9.12. The highest BCUT2D eigenvalue weighted by Gasteiger charge is 2.24. The Morgan fingerprint density at radius 1 is 1.07 bits per heavy atom. The first-order chi connectivity index (χ1) is 13.5. The summed E-state index contributed by atoms with van der Waals surface area (Å²) in [6.45, 7) is 3.64. The molecule has 28 heavy (non-hydrogen) atoms. The fourth-order valence-electron chi connectivity index (χ4n) is 3.15. The van der Waals surface area contributed by atoms with Gasteiger partial charge in [-0.15, -0.1) is 0 Å². The molecule has 1 aliphatic heterocycles. The number of carbonyl (C=O) groups excluding carboxylic acids is 3. The van der Waals surface area contributed by atoms with Crippen molar-refractivity contribution < 1.29 is 14.4 Å². The van der Waals surface area contributed by atoms with Crippen LogP contribution in [0.4, 0.5) is 5.69 Å². The Hall–Kier alpha value is -3.22. The average molecular weight is 380 g/mol. The van der Waals surface area contributed by atoms with Crippen molar-refractivity contribution >= 4 is 23.4 Å². The van der Waals surface area contributed by atoms with Gasteiger partial charge in [-0.1, -0.05) is 17.7 Å². The molecule has 2 N–H and O–H groups in total. The summed E-state index contributed by atoms with van der Waals surface area (Å²) in [6.07, 6.45) is 4.78. The molecule has 1 aliphatic rings. The average Bonchev–Trinajstić information content (AvgIpc) is 2.74. The largest absolute Gasteiger partial charge is 0.348 e. The lowest BCUT2D eigenvalue weighted by atomic mass is 9.96. The van der Waals surface area contributed by atoms with Crippen molar-refractivity contribution in [2.24, 2.45) is 5.92 Å². The van der Waals surface area contributed by atoms with Crippen molar-refractivity contribution in [3.05, 3.63) is 59.9 Å². The molecule has 0 radical (unpaired) electrons. The molecule has 2 heterocycles. The number of nitrogens with one attached hydrogen (secondary N) is 2. The standard InChI is InChI=1S/C21H24N4O3/c1-15-4-6-18(7-5-15)24-20(27)19(26)23-13-16-8-11-25(12-9-16)21(28)17-3-2-10-22-14-17/h2-7,10,14,16H,8-9,11-13H2,1H3,(H,23,26)(H,24,27). The molecule has 2 aromatic rings. The van der Waals surface area contributed by atoms with Gasteiger partial charge in [0.2, 0.25) is 0 Å². The van der Waals surface area contributed by atoms with Gasteiger partial charge >= 0.3 is 11.8 Å². The first-order valence-electron chi connectivity index (χ1n) is 9.38. The highest BCUT2D eigenvalue weighted by atomic mass is 16.2. The number of nitrogens with zero attached hydrogens (tertiary/aromatic N) is 2. The number of anilines is 1. The van der Waals surface area contributed by atoms with Gasteiger partial charge in [-0.05, 0) is 49.9 Å². The summed E-state index contributed by atoms with van der Waals surface area (Å²) in [5.74, 6) is -1.09. The van der Waals surface area contributed by atoms with Gasteiger partial charge < -0.3 is 15.5 Å². The Bertz CT molecular complexity index is 828. The molecule has 0 saturated carbocycles. The van der Waals surface area contributed by atoms with E-state index in [1.54, 1.807) is 41.6 Å². The van der Waals surface area contributed by atoms with Crippen molar-refractivity contribution in [2.75, 3.05) is 25.0 Å². The number of hydrogen-bond acceptors (Lipinski definition) is 4. The van der Waals surface area contributed by atoms with E-state index in [0.29, 0.717) is 30.9 Å². The number of carbonyl (C=O) groups is 3. The van der Waals surface area contributed by atoms with E-state index < -0.39 is 11.8 Å². The van der Waals surface area contributed by atoms with Gasteiger partial charge in [0, 0.05) is 37.7 Å². The number of piperidine rings is 1. The molecule has 7 heteroatoms. The van der Waals surface area contributed by atoms with Crippen molar-refractivity contribution in [1.29, 1.82) is 0 Å². The third-order valence-corrected chi connectivity index (χ3v) is 4.88. The van der Waals surface area contributed by atoms with E-state index in [-0.39, 0.29) is 11.8 Å². The van der Waals surface area contributed by atoms with Crippen LogP contribution >= 0.6 is 0 Å². The number of hydrogen-bond donors (Lipinski definition) is 2.